The first-order valence-electron chi connectivity index (χ1n) is 9.33. The molecular weight excluding hydrogens is 336 g/mol. The number of aromatic nitrogens is 1. The average Bonchev–Trinajstić information content (AvgIpc) is 3.22. The van der Waals surface area contributed by atoms with Crippen LogP contribution in [0.4, 0.5) is 5.69 Å². The fourth-order valence-corrected chi connectivity index (χ4v) is 3.27. The van der Waals surface area contributed by atoms with E-state index in [2.05, 4.69) is 60.5 Å². The number of nitrogens with zero attached hydrogens (tertiary/aromatic N) is 2. The third-order valence-electron chi connectivity index (χ3n) is 4.88. The molecule has 0 aliphatic heterocycles. The maximum absolute atomic E-state index is 11.6. The fourth-order valence-electron chi connectivity index (χ4n) is 3.27. The summed E-state index contributed by atoms with van der Waals surface area (Å²) < 4.78 is 1.75. The molecule has 3 rings (SSSR count). The topological polar surface area (TPSA) is 45.5 Å². The van der Waals surface area contributed by atoms with Gasteiger partial charge in [-0.15, -0.1) is 0 Å². The third kappa shape index (κ3) is 5.23. The van der Waals surface area contributed by atoms with Gasteiger partial charge in [-0.25, -0.2) is 4.79 Å². The summed E-state index contributed by atoms with van der Waals surface area (Å²) >= 11 is 0. The van der Waals surface area contributed by atoms with Crippen molar-refractivity contribution in [1.82, 2.24) is 4.57 Å². The highest BCUT2D eigenvalue weighted by Crippen LogP contribution is 2.17. The Labute approximate surface area is 160 Å². The second-order valence-electron chi connectivity index (χ2n) is 6.87. The molecule has 0 radical (unpaired) electrons. The summed E-state index contributed by atoms with van der Waals surface area (Å²) in [4.78, 5) is 13.8. The zero-order valence-corrected chi connectivity index (χ0v) is 15.7. The molecule has 1 heterocycles. The number of para-hydroxylation sites is 1. The summed E-state index contributed by atoms with van der Waals surface area (Å²) in [7, 11) is 2.12. The van der Waals surface area contributed by atoms with E-state index in [0.717, 1.165) is 24.9 Å². The van der Waals surface area contributed by atoms with E-state index in [0.29, 0.717) is 6.42 Å². The van der Waals surface area contributed by atoms with E-state index in [-0.39, 0.29) is 0 Å². The first-order chi connectivity index (χ1) is 13.1. The van der Waals surface area contributed by atoms with Crippen molar-refractivity contribution in [1.29, 1.82) is 0 Å². The minimum atomic E-state index is -0.806. The van der Waals surface area contributed by atoms with Gasteiger partial charge in [0, 0.05) is 38.1 Å². The molecule has 0 bridgehead atoms. The molecule has 0 saturated carbocycles. The van der Waals surface area contributed by atoms with E-state index < -0.39 is 12.0 Å². The van der Waals surface area contributed by atoms with Crippen molar-refractivity contribution in [3.63, 3.8) is 0 Å². The van der Waals surface area contributed by atoms with Gasteiger partial charge in [-0.1, -0.05) is 42.5 Å². The highest BCUT2D eigenvalue weighted by Gasteiger charge is 2.18. The molecule has 27 heavy (non-hydrogen) atoms. The Kier molecular flexibility index (Phi) is 6.31. The largest absolute Gasteiger partial charge is 0.480 e. The molecule has 0 spiro atoms. The molecule has 0 aliphatic rings. The summed E-state index contributed by atoms with van der Waals surface area (Å²) in [6.45, 7) is 1.00. The molecule has 0 amide bonds. The number of aliphatic carboxylic acids is 1. The van der Waals surface area contributed by atoms with Crippen LogP contribution in [0.2, 0.25) is 0 Å². The predicted octanol–water partition coefficient (Wildman–Crippen LogP) is 4.43. The first kappa shape index (κ1) is 18.8. The molecule has 1 N–H and O–H groups in total. The van der Waals surface area contributed by atoms with Crippen molar-refractivity contribution in [2.45, 2.75) is 25.3 Å². The highest BCUT2D eigenvalue weighted by atomic mass is 16.4. The number of aryl methyl sites for hydroxylation is 1. The van der Waals surface area contributed by atoms with Gasteiger partial charge < -0.3 is 14.6 Å². The molecule has 1 atom stereocenters. The van der Waals surface area contributed by atoms with Crippen molar-refractivity contribution < 1.29 is 9.90 Å². The van der Waals surface area contributed by atoms with Gasteiger partial charge in [0.25, 0.3) is 0 Å². The minimum Gasteiger partial charge on any atom is -0.480 e. The van der Waals surface area contributed by atoms with Crippen molar-refractivity contribution in [2.75, 3.05) is 18.5 Å². The summed E-state index contributed by atoms with van der Waals surface area (Å²) in [5.41, 5.74) is 3.56. The van der Waals surface area contributed by atoms with Crippen molar-refractivity contribution >= 4 is 11.7 Å². The number of carbonyl (C=O) groups is 1. The van der Waals surface area contributed by atoms with Crippen LogP contribution in [-0.4, -0.2) is 29.2 Å². The number of rotatable bonds is 9. The van der Waals surface area contributed by atoms with Crippen molar-refractivity contribution in [3.8, 4) is 0 Å². The lowest BCUT2D eigenvalue weighted by atomic mass is 10.0. The second-order valence-corrected chi connectivity index (χ2v) is 6.87. The monoisotopic (exact) mass is 362 g/mol. The van der Waals surface area contributed by atoms with Crippen molar-refractivity contribution in [2.24, 2.45) is 0 Å². The molecule has 4 heteroatoms. The Morgan fingerprint density at radius 1 is 0.963 bits per heavy atom. The summed E-state index contributed by atoms with van der Waals surface area (Å²) in [6, 6.07) is 21.9. The molecule has 3 aromatic rings. The Bertz CT molecular complexity index is 827. The van der Waals surface area contributed by atoms with Gasteiger partial charge in [0.2, 0.25) is 0 Å². The number of benzene rings is 2. The smallest absolute Gasteiger partial charge is 0.327 e. The lowest BCUT2D eigenvalue weighted by molar-refractivity contribution is -0.140. The molecule has 0 fully saturated rings. The number of anilines is 1. The number of carboxylic acids is 1. The Balaban J connectivity index is 1.52. The Morgan fingerprint density at radius 3 is 2.22 bits per heavy atom. The summed E-state index contributed by atoms with van der Waals surface area (Å²) in [6.07, 6.45) is 6.18. The first-order valence-corrected chi connectivity index (χ1v) is 9.33. The van der Waals surface area contributed by atoms with Gasteiger partial charge in [0.1, 0.15) is 6.04 Å². The molecule has 1 aromatic heterocycles. The Hall–Kier alpha value is -3.01. The third-order valence-corrected chi connectivity index (χ3v) is 4.88. The van der Waals surface area contributed by atoms with Crippen LogP contribution >= 0.6 is 0 Å². The van der Waals surface area contributed by atoms with Crippen LogP contribution in [0.25, 0.3) is 0 Å². The number of hydrogen-bond donors (Lipinski definition) is 1. The van der Waals surface area contributed by atoms with E-state index in [9.17, 15) is 9.90 Å². The molecule has 1 unspecified atom stereocenters. The van der Waals surface area contributed by atoms with Crippen LogP contribution in [0.15, 0.2) is 79.1 Å². The van der Waals surface area contributed by atoms with Crippen LogP contribution in [-0.2, 0) is 17.6 Å². The van der Waals surface area contributed by atoms with Gasteiger partial charge in [-0.05, 0) is 48.2 Å². The van der Waals surface area contributed by atoms with E-state index in [1.807, 2.05) is 18.2 Å². The normalized spacial score (nSPS) is 11.9. The van der Waals surface area contributed by atoms with Gasteiger partial charge in [0.15, 0.2) is 0 Å². The van der Waals surface area contributed by atoms with E-state index >= 15 is 0 Å². The van der Waals surface area contributed by atoms with Crippen molar-refractivity contribution in [3.05, 3.63) is 90.3 Å². The standard InChI is InChI=1S/C23H26N2O2/c1-24(21-9-3-2-4-10-21)15-7-8-19-11-13-20(14-12-19)18-22(23(26)27)25-16-5-6-17-25/h2-6,9-14,16-17,22H,7-8,15,18H2,1H3,(H,26,27). The van der Waals surface area contributed by atoms with Crippen LogP contribution in [0.5, 0.6) is 0 Å². The van der Waals surface area contributed by atoms with E-state index in [1.165, 1.54) is 11.3 Å². The number of carboxylic acid groups (broad SMARTS) is 1. The van der Waals surface area contributed by atoms with Gasteiger partial charge >= 0.3 is 5.97 Å². The molecule has 0 aliphatic carbocycles. The maximum atomic E-state index is 11.6. The van der Waals surface area contributed by atoms with Crippen LogP contribution in [0, 0.1) is 0 Å². The highest BCUT2D eigenvalue weighted by molar-refractivity contribution is 5.72. The molecule has 4 nitrogen and oxygen atoms in total. The summed E-state index contributed by atoms with van der Waals surface area (Å²) in [5, 5.41) is 9.50. The Morgan fingerprint density at radius 2 is 1.59 bits per heavy atom. The fraction of sp³-hybridized carbons (Fsp3) is 0.261. The van der Waals surface area contributed by atoms with E-state index in [4.69, 9.17) is 0 Å². The van der Waals surface area contributed by atoms with Crippen LogP contribution in [0.3, 0.4) is 0 Å². The minimum absolute atomic E-state index is 0.487. The summed E-state index contributed by atoms with van der Waals surface area (Å²) in [5.74, 6) is -0.806. The quantitative estimate of drug-likeness (QED) is 0.613. The molecule has 0 saturated heterocycles. The lowest BCUT2D eigenvalue weighted by Crippen LogP contribution is -2.20. The molecule has 2 aromatic carbocycles. The maximum Gasteiger partial charge on any atom is 0.327 e. The zero-order chi connectivity index (χ0) is 19.1. The zero-order valence-electron chi connectivity index (χ0n) is 15.7. The van der Waals surface area contributed by atoms with Gasteiger partial charge in [0.05, 0.1) is 0 Å². The average molecular weight is 362 g/mol. The van der Waals surface area contributed by atoms with E-state index in [1.54, 1.807) is 17.0 Å². The SMILES string of the molecule is CN(CCCc1ccc(CC(C(=O)O)n2cccc2)cc1)c1ccccc1. The molecule has 140 valence electrons. The van der Waals surface area contributed by atoms with Gasteiger partial charge in [-0.3, -0.25) is 0 Å². The second kappa shape index (κ2) is 9.08. The van der Waals surface area contributed by atoms with Crippen LogP contribution < -0.4 is 4.90 Å². The van der Waals surface area contributed by atoms with Crippen LogP contribution in [0.1, 0.15) is 23.6 Å². The number of hydrogen-bond acceptors (Lipinski definition) is 2. The predicted molar refractivity (Wildman–Crippen MR) is 109 cm³/mol. The van der Waals surface area contributed by atoms with Gasteiger partial charge in [-0.2, -0.15) is 0 Å². The lowest BCUT2D eigenvalue weighted by Gasteiger charge is -2.19. The molecular formula is C23H26N2O2.